The smallest absolute Gasteiger partial charge is 0.223 e. The van der Waals surface area contributed by atoms with E-state index in [2.05, 4.69) is 10.2 Å². The van der Waals surface area contributed by atoms with Crippen LogP contribution in [0.15, 0.2) is 24.3 Å². The van der Waals surface area contributed by atoms with E-state index in [4.69, 9.17) is 17.3 Å². The molecule has 0 radical (unpaired) electrons. The Balaban J connectivity index is 2.80. The van der Waals surface area contributed by atoms with Crippen molar-refractivity contribution in [1.82, 2.24) is 10.2 Å². The van der Waals surface area contributed by atoms with Crippen LogP contribution in [0.1, 0.15) is 18.5 Å². The van der Waals surface area contributed by atoms with Gasteiger partial charge in [0.25, 0.3) is 0 Å². The summed E-state index contributed by atoms with van der Waals surface area (Å²) in [5.41, 5.74) is 6.86. The lowest BCUT2D eigenvalue weighted by atomic mass is 10.0. The molecule has 1 rings (SSSR count). The van der Waals surface area contributed by atoms with Crippen molar-refractivity contribution in [3.05, 3.63) is 34.9 Å². The number of carbonyl (C=O) groups excluding carboxylic acids is 1. The lowest BCUT2D eigenvalue weighted by Gasteiger charge is -2.29. The molecule has 0 spiro atoms. The summed E-state index contributed by atoms with van der Waals surface area (Å²) in [6.45, 7) is 2.99. The zero-order valence-electron chi connectivity index (χ0n) is 11.7. The largest absolute Gasteiger partial charge is 0.359 e. The average Bonchev–Trinajstić information content (AvgIpc) is 2.40. The molecular weight excluding hydrogens is 262 g/mol. The average molecular weight is 284 g/mol. The number of likely N-dealkylation sites (N-methyl/N-ethyl adjacent to an activating group) is 1. The summed E-state index contributed by atoms with van der Waals surface area (Å²) in [7, 11) is 3.60. The van der Waals surface area contributed by atoms with E-state index in [1.807, 2.05) is 38.2 Å². The van der Waals surface area contributed by atoms with Crippen molar-refractivity contribution < 1.29 is 4.79 Å². The highest BCUT2D eigenvalue weighted by molar-refractivity contribution is 6.31. The predicted octanol–water partition coefficient (Wildman–Crippen LogP) is 1.65. The Labute approximate surface area is 119 Å². The fourth-order valence-electron chi connectivity index (χ4n) is 2.18. The summed E-state index contributed by atoms with van der Waals surface area (Å²) >= 11 is 6.21. The van der Waals surface area contributed by atoms with Crippen molar-refractivity contribution >= 4 is 17.5 Å². The number of nitrogens with two attached hydrogens (primary N) is 1. The molecule has 2 atom stereocenters. The summed E-state index contributed by atoms with van der Waals surface area (Å²) in [5, 5.41) is 3.36. The van der Waals surface area contributed by atoms with Crippen LogP contribution in [-0.4, -0.2) is 38.0 Å². The normalized spacial score (nSPS) is 14.2. The van der Waals surface area contributed by atoms with Crippen LogP contribution in [0, 0.1) is 5.92 Å². The van der Waals surface area contributed by atoms with Crippen molar-refractivity contribution in [2.45, 2.75) is 13.0 Å². The topological polar surface area (TPSA) is 58.4 Å². The Morgan fingerprint density at radius 3 is 2.63 bits per heavy atom. The molecule has 2 unspecified atom stereocenters. The van der Waals surface area contributed by atoms with Crippen LogP contribution in [0.4, 0.5) is 0 Å². The third-order valence-electron chi connectivity index (χ3n) is 3.28. The van der Waals surface area contributed by atoms with Crippen LogP contribution in [0.3, 0.4) is 0 Å². The Bertz CT molecular complexity index is 425. The van der Waals surface area contributed by atoms with E-state index in [1.165, 1.54) is 0 Å². The van der Waals surface area contributed by atoms with Gasteiger partial charge in [-0.3, -0.25) is 9.69 Å². The van der Waals surface area contributed by atoms with Crippen LogP contribution in [0.5, 0.6) is 0 Å². The van der Waals surface area contributed by atoms with Gasteiger partial charge in [0.05, 0.1) is 0 Å². The number of nitrogens with zero attached hydrogens (tertiary/aromatic N) is 1. The highest BCUT2D eigenvalue weighted by Crippen LogP contribution is 2.26. The van der Waals surface area contributed by atoms with Crippen LogP contribution in [0.2, 0.25) is 5.02 Å². The number of amides is 1. The molecule has 1 aromatic rings. The number of hydrogen-bond acceptors (Lipinski definition) is 3. The van der Waals surface area contributed by atoms with Crippen LogP contribution >= 0.6 is 11.6 Å². The SMILES string of the molecule is CNC(=O)C(C)CN(C)C(CN)c1ccccc1Cl. The molecule has 1 aromatic carbocycles. The summed E-state index contributed by atoms with van der Waals surface area (Å²) in [5.74, 6) is -0.0617. The Morgan fingerprint density at radius 2 is 2.11 bits per heavy atom. The van der Waals surface area contributed by atoms with Gasteiger partial charge in [0.15, 0.2) is 0 Å². The van der Waals surface area contributed by atoms with Crippen molar-refractivity contribution in [2.75, 3.05) is 27.2 Å². The van der Waals surface area contributed by atoms with E-state index in [0.717, 1.165) is 5.56 Å². The van der Waals surface area contributed by atoms with Crippen molar-refractivity contribution in [3.8, 4) is 0 Å². The standard InChI is InChI=1S/C14H22ClN3O/c1-10(14(19)17-2)9-18(3)13(8-16)11-6-4-5-7-12(11)15/h4-7,10,13H,8-9,16H2,1-3H3,(H,17,19). The van der Waals surface area contributed by atoms with E-state index in [-0.39, 0.29) is 17.9 Å². The van der Waals surface area contributed by atoms with Gasteiger partial charge < -0.3 is 11.1 Å². The molecule has 106 valence electrons. The zero-order valence-corrected chi connectivity index (χ0v) is 12.4. The zero-order chi connectivity index (χ0) is 14.4. The monoisotopic (exact) mass is 283 g/mol. The maximum absolute atomic E-state index is 11.6. The van der Waals surface area contributed by atoms with Crippen molar-refractivity contribution in [3.63, 3.8) is 0 Å². The van der Waals surface area contributed by atoms with Gasteiger partial charge in [0.2, 0.25) is 5.91 Å². The third-order valence-corrected chi connectivity index (χ3v) is 3.62. The first-order valence-corrected chi connectivity index (χ1v) is 6.75. The number of hydrogen-bond donors (Lipinski definition) is 2. The Kier molecular flexibility index (Phi) is 6.28. The van der Waals surface area contributed by atoms with E-state index >= 15 is 0 Å². The van der Waals surface area contributed by atoms with Gasteiger partial charge >= 0.3 is 0 Å². The minimum Gasteiger partial charge on any atom is -0.359 e. The van der Waals surface area contributed by atoms with E-state index in [1.54, 1.807) is 7.05 Å². The molecule has 0 aliphatic rings. The molecule has 0 fully saturated rings. The molecule has 19 heavy (non-hydrogen) atoms. The number of carbonyl (C=O) groups is 1. The Hall–Kier alpha value is -1.10. The Morgan fingerprint density at radius 1 is 1.47 bits per heavy atom. The first-order chi connectivity index (χ1) is 9.01. The lowest BCUT2D eigenvalue weighted by Crippen LogP contribution is -2.38. The van der Waals surface area contributed by atoms with Gasteiger partial charge in [-0.1, -0.05) is 36.7 Å². The summed E-state index contributed by atoms with van der Waals surface area (Å²) in [6, 6.07) is 7.68. The van der Waals surface area contributed by atoms with E-state index in [9.17, 15) is 4.79 Å². The molecule has 4 nitrogen and oxygen atoms in total. The molecule has 0 aromatic heterocycles. The highest BCUT2D eigenvalue weighted by atomic mass is 35.5. The number of rotatable bonds is 6. The van der Waals surface area contributed by atoms with Gasteiger partial charge in [-0.05, 0) is 18.7 Å². The first kappa shape index (κ1) is 16.0. The molecule has 5 heteroatoms. The molecule has 0 aliphatic heterocycles. The molecule has 0 saturated carbocycles. The van der Waals surface area contributed by atoms with Gasteiger partial charge in [-0.15, -0.1) is 0 Å². The third kappa shape index (κ3) is 4.20. The van der Waals surface area contributed by atoms with Crippen LogP contribution in [-0.2, 0) is 4.79 Å². The van der Waals surface area contributed by atoms with Crippen LogP contribution in [0.25, 0.3) is 0 Å². The summed E-state index contributed by atoms with van der Waals surface area (Å²) < 4.78 is 0. The molecule has 3 N–H and O–H groups in total. The van der Waals surface area contributed by atoms with Gasteiger partial charge in [0.1, 0.15) is 0 Å². The highest BCUT2D eigenvalue weighted by Gasteiger charge is 2.21. The fraction of sp³-hybridized carbons (Fsp3) is 0.500. The summed E-state index contributed by atoms with van der Waals surface area (Å²) in [6.07, 6.45) is 0. The molecule has 1 amide bonds. The van der Waals surface area contributed by atoms with Crippen molar-refractivity contribution in [2.24, 2.45) is 11.7 Å². The quantitative estimate of drug-likeness (QED) is 0.835. The maximum atomic E-state index is 11.6. The number of nitrogens with one attached hydrogen (secondary N) is 1. The molecule has 0 heterocycles. The molecule has 0 bridgehead atoms. The molecular formula is C14H22ClN3O. The molecule has 0 saturated heterocycles. The summed E-state index contributed by atoms with van der Waals surface area (Å²) in [4.78, 5) is 13.6. The second kappa shape index (κ2) is 7.48. The van der Waals surface area contributed by atoms with E-state index < -0.39 is 0 Å². The second-order valence-corrected chi connectivity index (χ2v) is 5.14. The fourth-order valence-corrected chi connectivity index (χ4v) is 2.44. The molecule has 0 aliphatic carbocycles. The predicted molar refractivity (Wildman–Crippen MR) is 79.1 cm³/mol. The second-order valence-electron chi connectivity index (χ2n) is 4.73. The van der Waals surface area contributed by atoms with E-state index in [0.29, 0.717) is 18.1 Å². The first-order valence-electron chi connectivity index (χ1n) is 6.37. The number of benzene rings is 1. The minimum absolute atomic E-state index is 0.0146. The van der Waals surface area contributed by atoms with Gasteiger partial charge in [-0.2, -0.15) is 0 Å². The van der Waals surface area contributed by atoms with Gasteiger partial charge in [-0.25, -0.2) is 0 Å². The van der Waals surface area contributed by atoms with Crippen molar-refractivity contribution in [1.29, 1.82) is 0 Å². The lowest BCUT2D eigenvalue weighted by molar-refractivity contribution is -0.124. The maximum Gasteiger partial charge on any atom is 0.223 e. The number of halogens is 1. The van der Waals surface area contributed by atoms with Crippen LogP contribution < -0.4 is 11.1 Å². The van der Waals surface area contributed by atoms with Gasteiger partial charge in [0, 0.05) is 37.1 Å². The minimum atomic E-state index is -0.0912.